The first-order valence-corrected chi connectivity index (χ1v) is 6.35. The Bertz CT molecular complexity index is 428. The van der Waals surface area contributed by atoms with Crippen molar-refractivity contribution in [2.75, 3.05) is 12.3 Å². The van der Waals surface area contributed by atoms with Crippen LogP contribution in [0.5, 0.6) is 5.75 Å². The SMILES string of the molecule is CC(C)=CCC/C(C)=C/COc1cccc(N)c1. The van der Waals surface area contributed by atoms with E-state index in [-0.39, 0.29) is 0 Å². The van der Waals surface area contributed by atoms with Gasteiger partial charge in [0.2, 0.25) is 0 Å². The number of hydrogen-bond donors (Lipinski definition) is 1. The minimum atomic E-state index is 0.601. The van der Waals surface area contributed by atoms with E-state index in [0.717, 1.165) is 24.3 Å². The molecule has 0 bridgehead atoms. The number of nitrogens with two attached hydrogens (primary N) is 1. The first kappa shape index (κ1) is 14.4. The molecule has 0 atom stereocenters. The van der Waals surface area contributed by atoms with Crippen LogP contribution in [0.15, 0.2) is 47.6 Å². The molecule has 0 heterocycles. The van der Waals surface area contributed by atoms with Crippen LogP contribution in [-0.2, 0) is 0 Å². The summed E-state index contributed by atoms with van der Waals surface area (Å²) in [4.78, 5) is 0. The molecule has 0 radical (unpaired) electrons. The number of ether oxygens (including phenoxy) is 1. The Morgan fingerprint density at radius 2 is 2.00 bits per heavy atom. The van der Waals surface area contributed by atoms with E-state index in [0.29, 0.717) is 6.61 Å². The second-order valence-corrected chi connectivity index (χ2v) is 4.75. The van der Waals surface area contributed by atoms with Gasteiger partial charge in [0.15, 0.2) is 0 Å². The standard InChI is InChI=1S/C16H23NO/c1-13(2)6-4-7-14(3)10-11-18-16-9-5-8-15(17)12-16/h5-6,8-10,12H,4,7,11,17H2,1-3H3/b14-10+. The smallest absolute Gasteiger partial charge is 0.121 e. The third kappa shape index (κ3) is 6.14. The molecule has 1 aromatic carbocycles. The molecule has 2 nitrogen and oxygen atoms in total. The summed E-state index contributed by atoms with van der Waals surface area (Å²) in [5.74, 6) is 0.823. The van der Waals surface area contributed by atoms with Crippen molar-refractivity contribution < 1.29 is 4.74 Å². The fraction of sp³-hybridized carbons (Fsp3) is 0.375. The highest BCUT2D eigenvalue weighted by atomic mass is 16.5. The third-order valence-electron chi connectivity index (χ3n) is 2.63. The van der Waals surface area contributed by atoms with Crippen molar-refractivity contribution in [2.24, 2.45) is 0 Å². The number of benzene rings is 1. The van der Waals surface area contributed by atoms with Gasteiger partial charge < -0.3 is 10.5 Å². The van der Waals surface area contributed by atoms with Crippen LogP contribution in [0.3, 0.4) is 0 Å². The summed E-state index contributed by atoms with van der Waals surface area (Å²) in [6.07, 6.45) is 6.58. The fourth-order valence-electron chi connectivity index (χ4n) is 1.58. The molecule has 18 heavy (non-hydrogen) atoms. The van der Waals surface area contributed by atoms with E-state index in [9.17, 15) is 0 Å². The summed E-state index contributed by atoms with van der Waals surface area (Å²) in [5, 5.41) is 0. The maximum atomic E-state index is 5.68. The molecule has 0 aliphatic carbocycles. The first-order chi connectivity index (χ1) is 8.58. The summed E-state index contributed by atoms with van der Waals surface area (Å²) in [7, 11) is 0. The Labute approximate surface area is 110 Å². The van der Waals surface area contributed by atoms with Crippen LogP contribution < -0.4 is 10.5 Å². The highest BCUT2D eigenvalue weighted by molar-refractivity contribution is 5.43. The van der Waals surface area contributed by atoms with Crippen molar-refractivity contribution in [3.63, 3.8) is 0 Å². The molecule has 2 heteroatoms. The van der Waals surface area contributed by atoms with Crippen molar-refractivity contribution in [3.05, 3.63) is 47.6 Å². The number of hydrogen-bond acceptors (Lipinski definition) is 2. The number of rotatable bonds is 6. The van der Waals surface area contributed by atoms with Crippen molar-refractivity contribution in [1.29, 1.82) is 0 Å². The molecule has 0 aliphatic rings. The molecule has 0 spiro atoms. The van der Waals surface area contributed by atoms with Gasteiger partial charge >= 0.3 is 0 Å². The van der Waals surface area contributed by atoms with Gasteiger partial charge in [0.25, 0.3) is 0 Å². The average Bonchev–Trinajstić information content (AvgIpc) is 2.28. The van der Waals surface area contributed by atoms with E-state index in [1.54, 1.807) is 0 Å². The van der Waals surface area contributed by atoms with Gasteiger partial charge in [0, 0.05) is 11.8 Å². The Balaban J connectivity index is 2.33. The predicted molar refractivity (Wildman–Crippen MR) is 78.8 cm³/mol. The van der Waals surface area contributed by atoms with Crippen LogP contribution in [0.25, 0.3) is 0 Å². The molecule has 1 rings (SSSR count). The Hall–Kier alpha value is -1.70. The quantitative estimate of drug-likeness (QED) is 0.597. The normalized spacial score (nSPS) is 11.2. The Morgan fingerprint density at radius 1 is 1.22 bits per heavy atom. The van der Waals surface area contributed by atoms with Gasteiger partial charge in [0.05, 0.1) is 0 Å². The van der Waals surface area contributed by atoms with Gasteiger partial charge in [-0.3, -0.25) is 0 Å². The second kappa shape index (κ2) is 7.59. The van der Waals surface area contributed by atoms with Gasteiger partial charge in [-0.2, -0.15) is 0 Å². The van der Waals surface area contributed by atoms with E-state index in [4.69, 9.17) is 10.5 Å². The molecule has 98 valence electrons. The van der Waals surface area contributed by atoms with Crippen molar-refractivity contribution >= 4 is 5.69 Å². The summed E-state index contributed by atoms with van der Waals surface area (Å²) >= 11 is 0. The zero-order valence-electron chi connectivity index (χ0n) is 11.6. The lowest BCUT2D eigenvalue weighted by Crippen LogP contribution is -1.95. The van der Waals surface area contributed by atoms with Crippen molar-refractivity contribution in [1.82, 2.24) is 0 Å². The van der Waals surface area contributed by atoms with Crippen LogP contribution in [-0.4, -0.2) is 6.61 Å². The summed E-state index contributed by atoms with van der Waals surface area (Å²) < 4.78 is 5.61. The van der Waals surface area contributed by atoms with Gasteiger partial charge in [-0.05, 0) is 51.8 Å². The maximum Gasteiger partial charge on any atom is 0.121 e. The molecular formula is C16H23NO. The summed E-state index contributed by atoms with van der Waals surface area (Å²) in [5.41, 5.74) is 9.15. The van der Waals surface area contributed by atoms with E-state index in [1.807, 2.05) is 24.3 Å². The molecule has 0 fully saturated rings. The number of anilines is 1. The van der Waals surface area contributed by atoms with E-state index < -0.39 is 0 Å². The molecule has 0 aromatic heterocycles. The Morgan fingerprint density at radius 3 is 2.67 bits per heavy atom. The molecular weight excluding hydrogens is 222 g/mol. The van der Waals surface area contributed by atoms with Gasteiger partial charge in [-0.25, -0.2) is 0 Å². The molecule has 2 N–H and O–H groups in total. The average molecular weight is 245 g/mol. The molecule has 1 aromatic rings. The monoisotopic (exact) mass is 245 g/mol. The van der Waals surface area contributed by atoms with Crippen LogP contribution in [0.4, 0.5) is 5.69 Å². The highest BCUT2D eigenvalue weighted by Gasteiger charge is 1.93. The molecule has 0 aliphatic heterocycles. The zero-order chi connectivity index (χ0) is 13.4. The molecule has 0 amide bonds. The van der Waals surface area contributed by atoms with Crippen LogP contribution in [0, 0.1) is 0 Å². The summed E-state index contributed by atoms with van der Waals surface area (Å²) in [6, 6.07) is 7.51. The number of nitrogen functional groups attached to an aromatic ring is 1. The van der Waals surface area contributed by atoms with Gasteiger partial charge in [-0.15, -0.1) is 0 Å². The third-order valence-corrected chi connectivity index (χ3v) is 2.63. The lowest BCUT2D eigenvalue weighted by molar-refractivity contribution is 0.362. The maximum absolute atomic E-state index is 5.68. The van der Waals surface area contributed by atoms with Crippen LogP contribution >= 0.6 is 0 Å². The van der Waals surface area contributed by atoms with Crippen LogP contribution in [0.1, 0.15) is 33.6 Å². The minimum absolute atomic E-state index is 0.601. The minimum Gasteiger partial charge on any atom is -0.489 e. The van der Waals surface area contributed by atoms with E-state index >= 15 is 0 Å². The number of allylic oxidation sites excluding steroid dienone is 3. The topological polar surface area (TPSA) is 35.2 Å². The fourth-order valence-corrected chi connectivity index (χ4v) is 1.58. The lowest BCUT2D eigenvalue weighted by Gasteiger charge is -2.05. The van der Waals surface area contributed by atoms with Crippen molar-refractivity contribution in [3.8, 4) is 5.75 Å². The van der Waals surface area contributed by atoms with E-state index in [2.05, 4.69) is 32.9 Å². The van der Waals surface area contributed by atoms with Crippen molar-refractivity contribution in [2.45, 2.75) is 33.6 Å². The van der Waals surface area contributed by atoms with E-state index in [1.165, 1.54) is 11.1 Å². The zero-order valence-corrected chi connectivity index (χ0v) is 11.6. The largest absolute Gasteiger partial charge is 0.489 e. The molecule has 0 saturated heterocycles. The van der Waals surface area contributed by atoms with Gasteiger partial charge in [-0.1, -0.05) is 23.3 Å². The predicted octanol–water partition coefficient (Wildman–Crippen LogP) is 4.34. The van der Waals surface area contributed by atoms with Gasteiger partial charge in [0.1, 0.15) is 12.4 Å². The lowest BCUT2D eigenvalue weighted by atomic mass is 10.1. The van der Waals surface area contributed by atoms with Crippen LogP contribution in [0.2, 0.25) is 0 Å². The Kier molecular flexibility index (Phi) is 6.06. The summed E-state index contributed by atoms with van der Waals surface area (Å²) in [6.45, 7) is 7.00. The molecule has 0 saturated carbocycles. The highest BCUT2D eigenvalue weighted by Crippen LogP contribution is 2.14. The molecule has 0 unspecified atom stereocenters. The second-order valence-electron chi connectivity index (χ2n) is 4.75. The first-order valence-electron chi connectivity index (χ1n) is 6.35.